The summed E-state index contributed by atoms with van der Waals surface area (Å²) in [5, 5.41) is 0. The molecule has 0 aliphatic heterocycles. The van der Waals surface area contributed by atoms with Gasteiger partial charge in [-0.25, -0.2) is 4.85 Å². The second-order valence-corrected chi connectivity index (χ2v) is 5.30. The van der Waals surface area contributed by atoms with Crippen LogP contribution in [-0.2, 0) is 0 Å². The van der Waals surface area contributed by atoms with Gasteiger partial charge in [-0.3, -0.25) is 4.98 Å². The van der Waals surface area contributed by atoms with Crippen LogP contribution in [0.1, 0.15) is 16.7 Å². The molecule has 0 aliphatic carbocycles. The number of hydrogen-bond donors (Lipinski definition) is 0. The van der Waals surface area contributed by atoms with Gasteiger partial charge in [0.1, 0.15) is 0 Å². The Kier molecular flexibility index (Phi) is 4.31. The van der Waals surface area contributed by atoms with E-state index in [9.17, 15) is 0 Å². The molecule has 0 radical (unpaired) electrons. The van der Waals surface area contributed by atoms with Crippen LogP contribution in [0.4, 0.5) is 5.69 Å². The fourth-order valence-electron chi connectivity index (χ4n) is 2.49. The van der Waals surface area contributed by atoms with Crippen molar-refractivity contribution in [3.8, 4) is 11.3 Å². The number of rotatable bonds is 3. The molecule has 1 aromatic heterocycles. The minimum absolute atomic E-state index is 0.634. The Balaban J connectivity index is 2.09. The lowest BCUT2D eigenvalue weighted by molar-refractivity contribution is 1.27. The molecule has 2 nitrogen and oxygen atoms in total. The summed E-state index contributed by atoms with van der Waals surface area (Å²) in [5.74, 6) is 0. The minimum Gasteiger partial charge on any atom is -0.256 e. The van der Waals surface area contributed by atoms with Crippen molar-refractivity contribution in [1.29, 1.82) is 0 Å². The van der Waals surface area contributed by atoms with E-state index < -0.39 is 0 Å². The predicted octanol–water partition coefficient (Wildman–Crippen LogP) is 5.78. The predicted molar refractivity (Wildman–Crippen MR) is 96.0 cm³/mol. The summed E-state index contributed by atoms with van der Waals surface area (Å²) >= 11 is 0. The van der Waals surface area contributed by atoms with Crippen LogP contribution < -0.4 is 0 Å². The molecule has 2 heteroatoms. The molecule has 0 N–H and O–H groups in total. The maximum Gasteiger partial charge on any atom is 0.187 e. The monoisotopic (exact) mass is 296 g/mol. The summed E-state index contributed by atoms with van der Waals surface area (Å²) in [4.78, 5) is 8.05. The molecular weight excluding hydrogens is 280 g/mol. The molecule has 0 atom stereocenters. The fraction of sp³-hybridized carbons (Fsp3) is 0.0476. The lowest BCUT2D eigenvalue weighted by Crippen LogP contribution is -1.90. The third kappa shape index (κ3) is 3.36. The largest absolute Gasteiger partial charge is 0.256 e. The number of pyridine rings is 1. The SMILES string of the molecule is [C-]#[N+]c1ccc(-c2ncccc2C)c(/C=C/c2ccccc2)c1. The van der Waals surface area contributed by atoms with Gasteiger partial charge in [0.2, 0.25) is 0 Å². The first-order valence-corrected chi connectivity index (χ1v) is 7.44. The van der Waals surface area contributed by atoms with Crippen molar-refractivity contribution in [1.82, 2.24) is 4.98 Å². The zero-order valence-corrected chi connectivity index (χ0v) is 12.9. The molecule has 0 spiro atoms. The van der Waals surface area contributed by atoms with E-state index in [1.165, 1.54) is 0 Å². The first-order chi connectivity index (χ1) is 11.3. The third-order valence-corrected chi connectivity index (χ3v) is 3.68. The number of benzene rings is 2. The van der Waals surface area contributed by atoms with Crippen LogP contribution in [0.2, 0.25) is 0 Å². The molecule has 0 saturated heterocycles. The van der Waals surface area contributed by atoms with Crippen LogP contribution in [0, 0.1) is 13.5 Å². The number of hydrogen-bond acceptors (Lipinski definition) is 1. The average molecular weight is 296 g/mol. The van der Waals surface area contributed by atoms with Gasteiger partial charge in [0.05, 0.1) is 12.3 Å². The second kappa shape index (κ2) is 6.72. The average Bonchev–Trinajstić information content (AvgIpc) is 2.61. The van der Waals surface area contributed by atoms with Gasteiger partial charge in [-0.05, 0) is 35.7 Å². The molecule has 110 valence electrons. The first-order valence-electron chi connectivity index (χ1n) is 7.44. The number of nitrogens with zero attached hydrogens (tertiary/aromatic N) is 2. The molecule has 3 aromatic rings. The Bertz CT molecular complexity index is 887. The standard InChI is InChI=1S/C21H16N2/c1-16-7-6-14-23-21(16)20-13-12-19(22-2)15-18(20)11-10-17-8-4-3-5-9-17/h3-15H,1H3/b11-10+. The van der Waals surface area contributed by atoms with Crippen LogP contribution in [0.15, 0.2) is 66.9 Å². The zero-order chi connectivity index (χ0) is 16.1. The van der Waals surface area contributed by atoms with Crippen molar-refractivity contribution in [2.45, 2.75) is 6.92 Å². The Hall–Kier alpha value is -3.18. The maximum atomic E-state index is 7.24. The van der Waals surface area contributed by atoms with E-state index in [1.54, 1.807) is 6.20 Å². The van der Waals surface area contributed by atoms with Crippen molar-refractivity contribution >= 4 is 17.8 Å². The van der Waals surface area contributed by atoms with Crippen LogP contribution in [0.3, 0.4) is 0 Å². The molecule has 0 saturated carbocycles. The van der Waals surface area contributed by atoms with Gasteiger partial charge in [0.25, 0.3) is 0 Å². The van der Waals surface area contributed by atoms with Gasteiger partial charge >= 0.3 is 0 Å². The number of aryl methyl sites for hydroxylation is 1. The van der Waals surface area contributed by atoms with Crippen molar-refractivity contribution in [3.63, 3.8) is 0 Å². The highest BCUT2D eigenvalue weighted by molar-refractivity contribution is 5.82. The van der Waals surface area contributed by atoms with E-state index in [-0.39, 0.29) is 0 Å². The Morgan fingerprint density at radius 1 is 0.957 bits per heavy atom. The van der Waals surface area contributed by atoms with Gasteiger partial charge in [-0.2, -0.15) is 0 Å². The maximum absolute atomic E-state index is 7.24. The number of aromatic nitrogens is 1. The van der Waals surface area contributed by atoms with Crippen molar-refractivity contribution in [2.75, 3.05) is 0 Å². The highest BCUT2D eigenvalue weighted by atomic mass is 14.7. The molecule has 0 amide bonds. The van der Waals surface area contributed by atoms with Crippen LogP contribution in [0.25, 0.3) is 28.3 Å². The van der Waals surface area contributed by atoms with Crippen LogP contribution in [-0.4, -0.2) is 4.98 Å². The van der Waals surface area contributed by atoms with E-state index in [0.717, 1.165) is 27.9 Å². The Morgan fingerprint density at radius 3 is 2.52 bits per heavy atom. The summed E-state index contributed by atoms with van der Waals surface area (Å²) in [6.07, 6.45) is 5.91. The molecule has 0 bridgehead atoms. The summed E-state index contributed by atoms with van der Waals surface area (Å²) in [6.45, 7) is 9.29. The molecular formula is C21H16N2. The summed E-state index contributed by atoms with van der Waals surface area (Å²) in [7, 11) is 0. The van der Waals surface area contributed by atoms with Gasteiger partial charge < -0.3 is 0 Å². The quantitative estimate of drug-likeness (QED) is 0.442. The highest BCUT2D eigenvalue weighted by Crippen LogP contribution is 2.29. The Morgan fingerprint density at radius 2 is 1.78 bits per heavy atom. The van der Waals surface area contributed by atoms with Gasteiger partial charge in [0, 0.05) is 11.8 Å². The van der Waals surface area contributed by atoms with Gasteiger partial charge in [0.15, 0.2) is 5.69 Å². The highest BCUT2D eigenvalue weighted by Gasteiger charge is 2.08. The molecule has 0 fully saturated rings. The lowest BCUT2D eigenvalue weighted by Gasteiger charge is -2.09. The van der Waals surface area contributed by atoms with Crippen molar-refractivity contribution < 1.29 is 0 Å². The summed E-state index contributed by atoms with van der Waals surface area (Å²) in [5.41, 5.74) is 5.89. The lowest BCUT2D eigenvalue weighted by atomic mass is 9.99. The van der Waals surface area contributed by atoms with Crippen molar-refractivity contribution in [3.05, 3.63) is 95.0 Å². The second-order valence-electron chi connectivity index (χ2n) is 5.30. The molecule has 23 heavy (non-hydrogen) atoms. The van der Waals surface area contributed by atoms with E-state index in [2.05, 4.69) is 41.0 Å². The van der Waals surface area contributed by atoms with Crippen LogP contribution in [0.5, 0.6) is 0 Å². The molecule has 0 unspecified atom stereocenters. The fourth-order valence-corrected chi connectivity index (χ4v) is 2.49. The molecule has 1 heterocycles. The smallest absolute Gasteiger partial charge is 0.187 e. The van der Waals surface area contributed by atoms with E-state index >= 15 is 0 Å². The minimum atomic E-state index is 0.634. The van der Waals surface area contributed by atoms with Crippen LogP contribution >= 0.6 is 0 Å². The molecule has 0 aliphatic rings. The summed E-state index contributed by atoms with van der Waals surface area (Å²) in [6, 6.07) is 19.9. The van der Waals surface area contributed by atoms with Crippen molar-refractivity contribution in [2.24, 2.45) is 0 Å². The summed E-state index contributed by atoms with van der Waals surface area (Å²) < 4.78 is 0. The molecule has 3 rings (SSSR count). The molecule has 2 aromatic carbocycles. The van der Waals surface area contributed by atoms with Gasteiger partial charge in [-0.1, -0.05) is 60.7 Å². The Labute approximate surface area is 136 Å². The first kappa shape index (κ1) is 14.7. The normalized spacial score (nSPS) is 10.6. The topological polar surface area (TPSA) is 17.2 Å². The van der Waals surface area contributed by atoms with Gasteiger partial charge in [-0.15, -0.1) is 0 Å². The van der Waals surface area contributed by atoms with E-state index in [0.29, 0.717) is 5.69 Å². The van der Waals surface area contributed by atoms with E-state index in [1.807, 2.05) is 48.5 Å². The zero-order valence-electron chi connectivity index (χ0n) is 12.9. The van der Waals surface area contributed by atoms with E-state index in [4.69, 9.17) is 6.57 Å². The third-order valence-electron chi connectivity index (χ3n) is 3.68.